The third kappa shape index (κ3) is 2.46. The van der Waals surface area contributed by atoms with Crippen molar-refractivity contribution in [3.63, 3.8) is 0 Å². The van der Waals surface area contributed by atoms with Gasteiger partial charge in [0.1, 0.15) is 0 Å². The smallest absolute Gasteiger partial charge is 0.0300 e. The van der Waals surface area contributed by atoms with E-state index in [1.54, 1.807) is 0 Å². The SMILES string of the molecule is CCC1(CCC(C(C)C)C2CCC2)CCC1. The van der Waals surface area contributed by atoms with Crippen LogP contribution in [0.15, 0.2) is 0 Å². The molecule has 1 atom stereocenters. The minimum Gasteiger partial charge on any atom is -0.0649 e. The van der Waals surface area contributed by atoms with E-state index in [1.807, 2.05) is 0 Å². The summed E-state index contributed by atoms with van der Waals surface area (Å²) in [6, 6.07) is 0. The molecule has 16 heavy (non-hydrogen) atoms. The molecule has 0 aromatic rings. The maximum atomic E-state index is 2.45. The first-order valence-electron chi connectivity index (χ1n) is 7.67. The minimum absolute atomic E-state index is 0.789. The van der Waals surface area contributed by atoms with Crippen LogP contribution in [0.5, 0.6) is 0 Å². The van der Waals surface area contributed by atoms with E-state index in [1.165, 1.54) is 57.8 Å². The number of hydrogen-bond acceptors (Lipinski definition) is 0. The van der Waals surface area contributed by atoms with Crippen molar-refractivity contribution in [2.24, 2.45) is 23.2 Å². The Labute approximate surface area is 102 Å². The van der Waals surface area contributed by atoms with Crippen molar-refractivity contribution >= 4 is 0 Å². The van der Waals surface area contributed by atoms with Crippen molar-refractivity contribution < 1.29 is 0 Å². The average Bonchev–Trinajstić information content (AvgIpc) is 2.11. The lowest BCUT2D eigenvalue weighted by Gasteiger charge is -2.44. The molecular weight excluding hydrogens is 192 g/mol. The first kappa shape index (κ1) is 12.5. The zero-order valence-corrected chi connectivity index (χ0v) is 11.6. The van der Waals surface area contributed by atoms with Crippen molar-refractivity contribution in [1.29, 1.82) is 0 Å². The van der Waals surface area contributed by atoms with E-state index in [2.05, 4.69) is 20.8 Å². The zero-order valence-electron chi connectivity index (χ0n) is 11.6. The van der Waals surface area contributed by atoms with E-state index in [-0.39, 0.29) is 0 Å². The van der Waals surface area contributed by atoms with Crippen LogP contribution < -0.4 is 0 Å². The van der Waals surface area contributed by atoms with Crippen LogP contribution >= 0.6 is 0 Å². The largest absolute Gasteiger partial charge is 0.0649 e. The molecule has 0 heteroatoms. The van der Waals surface area contributed by atoms with Gasteiger partial charge in [-0.3, -0.25) is 0 Å². The summed E-state index contributed by atoms with van der Waals surface area (Å²) in [6.07, 6.45) is 13.6. The molecule has 1 unspecified atom stereocenters. The van der Waals surface area contributed by atoms with Crippen LogP contribution in [0.4, 0.5) is 0 Å². The van der Waals surface area contributed by atoms with Crippen molar-refractivity contribution in [2.45, 2.75) is 78.6 Å². The highest BCUT2D eigenvalue weighted by molar-refractivity contribution is 4.89. The lowest BCUT2D eigenvalue weighted by Crippen LogP contribution is -2.32. The normalized spacial score (nSPS) is 26.2. The van der Waals surface area contributed by atoms with E-state index in [4.69, 9.17) is 0 Å². The number of hydrogen-bond donors (Lipinski definition) is 0. The summed E-state index contributed by atoms with van der Waals surface area (Å²) in [7, 11) is 0. The summed E-state index contributed by atoms with van der Waals surface area (Å²) in [4.78, 5) is 0. The fraction of sp³-hybridized carbons (Fsp3) is 1.00. The summed E-state index contributed by atoms with van der Waals surface area (Å²) in [5.74, 6) is 3.05. The molecule has 0 nitrogen and oxygen atoms in total. The second-order valence-electron chi connectivity index (χ2n) is 6.84. The molecule has 0 aromatic heterocycles. The van der Waals surface area contributed by atoms with Crippen LogP contribution in [-0.4, -0.2) is 0 Å². The van der Waals surface area contributed by atoms with Gasteiger partial charge in [0.05, 0.1) is 0 Å². The maximum absolute atomic E-state index is 2.45. The van der Waals surface area contributed by atoms with Crippen molar-refractivity contribution in [2.75, 3.05) is 0 Å². The molecule has 0 spiro atoms. The summed E-state index contributed by atoms with van der Waals surface area (Å²) in [6.45, 7) is 7.30. The third-order valence-corrected chi connectivity index (χ3v) is 5.78. The Bertz CT molecular complexity index is 203. The lowest BCUT2D eigenvalue weighted by molar-refractivity contribution is 0.0730. The van der Waals surface area contributed by atoms with Gasteiger partial charge < -0.3 is 0 Å². The molecule has 94 valence electrons. The molecule has 0 aliphatic heterocycles. The van der Waals surface area contributed by atoms with E-state index in [0.717, 1.165) is 23.2 Å². The van der Waals surface area contributed by atoms with Gasteiger partial charge >= 0.3 is 0 Å². The molecule has 2 aliphatic rings. The molecule has 0 bridgehead atoms. The Hall–Kier alpha value is 0. The van der Waals surface area contributed by atoms with Gasteiger partial charge in [-0.15, -0.1) is 0 Å². The number of rotatable bonds is 6. The molecule has 0 radical (unpaired) electrons. The lowest BCUT2D eigenvalue weighted by atomic mass is 9.61. The highest BCUT2D eigenvalue weighted by Crippen LogP contribution is 2.50. The standard InChI is InChI=1S/C16H30/c1-4-16(10-6-11-16)12-9-15(13(2)3)14-7-5-8-14/h13-15H,4-12H2,1-3H3. The Kier molecular flexibility index (Phi) is 3.97. The summed E-state index contributed by atoms with van der Waals surface area (Å²) in [5, 5.41) is 0. The molecular formula is C16H30. The van der Waals surface area contributed by atoms with Crippen LogP contribution in [0, 0.1) is 23.2 Å². The predicted molar refractivity (Wildman–Crippen MR) is 71.5 cm³/mol. The summed E-state index contributed by atoms with van der Waals surface area (Å²) >= 11 is 0. The monoisotopic (exact) mass is 222 g/mol. The van der Waals surface area contributed by atoms with Gasteiger partial charge in [0.15, 0.2) is 0 Å². The third-order valence-electron chi connectivity index (χ3n) is 5.78. The van der Waals surface area contributed by atoms with Gasteiger partial charge in [-0.25, -0.2) is 0 Å². The molecule has 2 saturated carbocycles. The van der Waals surface area contributed by atoms with Gasteiger partial charge in [0.2, 0.25) is 0 Å². The second-order valence-corrected chi connectivity index (χ2v) is 6.84. The molecule has 2 aliphatic carbocycles. The van der Waals surface area contributed by atoms with Crippen molar-refractivity contribution in [3.8, 4) is 0 Å². The molecule has 0 heterocycles. The first-order chi connectivity index (χ1) is 7.67. The van der Waals surface area contributed by atoms with E-state index < -0.39 is 0 Å². The van der Waals surface area contributed by atoms with Crippen molar-refractivity contribution in [1.82, 2.24) is 0 Å². The second kappa shape index (κ2) is 5.10. The van der Waals surface area contributed by atoms with Crippen LogP contribution in [0.1, 0.15) is 78.6 Å². The molecule has 0 saturated heterocycles. The van der Waals surface area contributed by atoms with E-state index in [0.29, 0.717) is 0 Å². The van der Waals surface area contributed by atoms with Gasteiger partial charge in [0, 0.05) is 0 Å². The van der Waals surface area contributed by atoms with Crippen LogP contribution in [0.3, 0.4) is 0 Å². The topological polar surface area (TPSA) is 0 Å². The highest BCUT2D eigenvalue weighted by atomic mass is 14.4. The summed E-state index contributed by atoms with van der Waals surface area (Å²) < 4.78 is 0. The average molecular weight is 222 g/mol. The highest BCUT2D eigenvalue weighted by Gasteiger charge is 2.37. The fourth-order valence-electron chi connectivity index (χ4n) is 3.91. The van der Waals surface area contributed by atoms with Gasteiger partial charge in [0.25, 0.3) is 0 Å². The van der Waals surface area contributed by atoms with E-state index >= 15 is 0 Å². The minimum atomic E-state index is 0.789. The van der Waals surface area contributed by atoms with E-state index in [9.17, 15) is 0 Å². The van der Waals surface area contributed by atoms with Crippen LogP contribution in [0.25, 0.3) is 0 Å². The van der Waals surface area contributed by atoms with Gasteiger partial charge in [-0.2, -0.15) is 0 Å². The van der Waals surface area contributed by atoms with Gasteiger partial charge in [-0.1, -0.05) is 52.9 Å². The Balaban J connectivity index is 1.81. The van der Waals surface area contributed by atoms with Gasteiger partial charge in [-0.05, 0) is 48.9 Å². The molecule has 2 fully saturated rings. The molecule has 0 N–H and O–H groups in total. The van der Waals surface area contributed by atoms with Crippen LogP contribution in [-0.2, 0) is 0 Å². The quantitative estimate of drug-likeness (QED) is 0.563. The fourth-order valence-corrected chi connectivity index (χ4v) is 3.91. The molecule has 0 aromatic carbocycles. The Morgan fingerprint density at radius 2 is 1.81 bits per heavy atom. The maximum Gasteiger partial charge on any atom is -0.0300 e. The zero-order chi connectivity index (χ0) is 11.6. The van der Waals surface area contributed by atoms with Crippen molar-refractivity contribution in [3.05, 3.63) is 0 Å². The Morgan fingerprint density at radius 3 is 2.12 bits per heavy atom. The summed E-state index contributed by atoms with van der Waals surface area (Å²) in [5.41, 5.74) is 0.789. The molecule has 2 rings (SSSR count). The molecule has 0 amide bonds. The predicted octanol–water partition coefficient (Wildman–Crippen LogP) is 5.42. The first-order valence-corrected chi connectivity index (χ1v) is 7.67. The van der Waals surface area contributed by atoms with Crippen LogP contribution in [0.2, 0.25) is 0 Å². The Morgan fingerprint density at radius 1 is 1.12 bits per heavy atom.